The Bertz CT molecular complexity index is 878. The Labute approximate surface area is 155 Å². The summed E-state index contributed by atoms with van der Waals surface area (Å²) >= 11 is 0. The van der Waals surface area contributed by atoms with Crippen LogP contribution in [0.3, 0.4) is 0 Å². The van der Waals surface area contributed by atoms with E-state index >= 15 is 0 Å². The van der Waals surface area contributed by atoms with Crippen LogP contribution in [0.25, 0.3) is 0 Å². The van der Waals surface area contributed by atoms with E-state index in [0.29, 0.717) is 10.6 Å². The second kappa shape index (κ2) is 7.83. The molecule has 6 heteroatoms. The highest BCUT2D eigenvalue weighted by Gasteiger charge is 2.22. The van der Waals surface area contributed by atoms with Crippen molar-refractivity contribution in [2.45, 2.75) is 37.2 Å². The van der Waals surface area contributed by atoms with Gasteiger partial charge in [0.15, 0.2) is 6.10 Å². The molecule has 0 unspecified atom stereocenters. The van der Waals surface area contributed by atoms with E-state index < -0.39 is 28.8 Å². The second-order valence-corrected chi connectivity index (χ2v) is 7.67. The van der Waals surface area contributed by atoms with Crippen molar-refractivity contribution >= 4 is 28.4 Å². The molecule has 1 aliphatic rings. The Kier molecular flexibility index (Phi) is 5.52. The zero-order valence-electron chi connectivity index (χ0n) is 14.8. The van der Waals surface area contributed by atoms with Crippen LogP contribution in [0.2, 0.25) is 0 Å². The van der Waals surface area contributed by atoms with Crippen LogP contribution in [0.1, 0.15) is 34.8 Å². The van der Waals surface area contributed by atoms with Crippen LogP contribution in [0.4, 0.5) is 5.69 Å². The molecule has 0 radical (unpaired) electrons. The first kappa shape index (κ1) is 18.3. The maximum Gasteiger partial charge on any atom is 0.340 e. The van der Waals surface area contributed by atoms with Crippen LogP contribution in [0.15, 0.2) is 47.4 Å². The number of anilines is 1. The molecule has 5 nitrogen and oxygen atoms in total. The molecule has 1 amide bonds. The van der Waals surface area contributed by atoms with Crippen LogP contribution in [0.5, 0.6) is 0 Å². The minimum absolute atomic E-state index is 0.213. The number of rotatable bonds is 5. The number of hydrogen-bond acceptors (Lipinski definition) is 4. The van der Waals surface area contributed by atoms with E-state index in [0.717, 1.165) is 19.3 Å². The van der Waals surface area contributed by atoms with Crippen molar-refractivity contribution in [3.05, 3.63) is 59.2 Å². The number of benzene rings is 2. The molecule has 0 heterocycles. The number of nitrogens with one attached hydrogen (secondary N) is 1. The molecule has 0 saturated heterocycles. The highest BCUT2D eigenvalue weighted by molar-refractivity contribution is 7.84. The summed E-state index contributed by atoms with van der Waals surface area (Å²) in [5.41, 5.74) is 3.50. The SMILES string of the molecule is C[C@H](OC(=O)c1ccccc1[S@](C)=O)C(=O)Nc1ccc2c(c1)CCC2. The summed E-state index contributed by atoms with van der Waals surface area (Å²) in [4.78, 5) is 25.1. The summed E-state index contributed by atoms with van der Waals surface area (Å²) in [5.74, 6) is -1.06. The zero-order valence-corrected chi connectivity index (χ0v) is 15.6. The lowest BCUT2D eigenvalue weighted by atomic mass is 10.1. The number of ether oxygens (including phenoxy) is 1. The van der Waals surface area contributed by atoms with Crippen molar-refractivity contribution in [1.82, 2.24) is 0 Å². The number of carbonyl (C=O) groups is 2. The van der Waals surface area contributed by atoms with Gasteiger partial charge in [0.2, 0.25) is 0 Å². The molecular formula is C20H21NO4S. The van der Waals surface area contributed by atoms with Crippen molar-refractivity contribution in [2.24, 2.45) is 0 Å². The van der Waals surface area contributed by atoms with E-state index in [1.165, 1.54) is 24.3 Å². The van der Waals surface area contributed by atoms with E-state index in [2.05, 4.69) is 5.32 Å². The maximum absolute atomic E-state index is 12.4. The van der Waals surface area contributed by atoms with Gasteiger partial charge < -0.3 is 10.1 Å². The molecule has 0 bridgehead atoms. The largest absolute Gasteiger partial charge is 0.449 e. The molecule has 0 aliphatic heterocycles. The van der Waals surface area contributed by atoms with Gasteiger partial charge in [0.25, 0.3) is 5.91 Å². The Morgan fingerprint density at radius 3 is 2.62 bits per heavy atom. The van der Waals surface area contributed by atoms with Crippen molar-refractivity contribution < 1.29 is 18.5 Å². The van der Waals surface area contributed by atoms with Gasteiger partial charge in [-0.2, -0.15) is 0 Å². The predicted molar refractivity (Wildman–Crippen MR) is 101 cm³/mol. The van der Waals surface area contributed by atoms with Gasteiger partial charge >= 0.3 is 5.97 Å². The monoisotopic (exact) mass is 371 g/mol. The first-order valence-electron chi connectivity index (χ1n) is 8.52. The lowest BCUT2D eigenvalue weighted by Crippen LogP contribution is -2.30. The summed E-state index contributed by atoms with van der Waals surface area (Å²) in [6, 6.07) is 12.4. The topological polar surface area (TPSA) is 72.5 Å². The Balaban J connectivity index is 1.66. The van der Waals surface area contributed by atoms with E-state index in [-0.39, 0.29) is 5.56 Å². The Hall–Kier alpha value is -2.47. The van der Waals surface area contributed by atoms with E-state index in [1.807, 2.05) is 18.2 Å². The van der Waals surface area contributed by atoms with Crippen molar-refractivity contribution in [3.63, 3.8) is 0 Å². The van der Waals surface area contributed by atoms with Gasteiger partial charge in [-0.25, -0.2) is 4.79 Å². The standard InChI is InChI=1S/C20H21NO4S/c1-13(25-20(23)17-8-3-4-9-18(17)26(2)24)19(22)21-16-11-10-14-6-5-7-15(14)12-16/h3-4,8-13H,5-7H2,1-2H3,(H,21,22)/t13-,26-/m0/s1. The third-order valence-electron chi connectivity index (χ3n) is 4.44. The molecule has 1 N–H and O–H groups in total. The highest BCUT2D eigenvalue weighted by atomic mass is 32.2. The fraction of sp³-hybridized carbons (Fsp3) is 0.300. The molecule has 136 valence electrons. The minimum Gasteiger partial charge on any atom is -0.449 e. The predicted octanol–water partition coefficient (Wildman–Crippen LogP) is 3.10. The minimum atomic E-state index is -1.32. The van der Waals surface area contributed by atoms with Gasteiger partial charge in [-0.15, -0.1) is 0 Å². The second-order valence-electron chi connectivity index (χ2n) is 6.32. The average Bonchev–Trinajstić information content (AvgIpc) is 3.09. The first-order chi connectivity index (χ1) is 12.5. The normalized spacial score (nSPS) is 15.0. The van der Waals surface area contributed by atoms with Crippen molar-refractivity contribution in [3.8, 4) is 0 Å². The molecule has 26 heavy (non-hydrogen) atoms. The molecule has 2 aromatic rings. The number of carbonyl (C=O) groups excluding carboxylic acids is 2. The number of fused-ring (bicyclic) bond motifs is 1. The lowest BCUT2D eigenvalue weighted by molar-refractivity contribution is -0.123. The molecule has 0 saturated carbocycles. The summed E-state index contributed by atoms with van der Waals surface area (Å²) in [5, 5.41) is 2.79. The van der Waals surface area contributed by atoms with Crippen LogP contribution in [0, 0.1) is 0 Å². The van der Waals surface area contributed by atoms with Gasteiger partial charge in [-0.3, -0.25) is 9.00 Å². The number of esters is 1. The third kappa shape index (κ3) is 4.02. The smallest absolute Gasteiger partial charge is 0.340 e. The molecule has 0 aromatic heterocycles. The van der Waals surface area contributed by atoms with E-state index in [1.54, 1.807) is 24.3 Å². The number of amides is 1. The van der Waals surface area contributed by atoms with Crippen LogP contribution >= 0.6 is 0 Å². The fourth-order valence-electron chi connectivity index (χ4n) is 3.06. The number of hydrogen-bond donors (Lipinski definition) is 1. The van der Waals surface area contributed by atoms with Gasteiger partial charge in [-0.05, 0) is 61.6 Å². The molecule has 3 rings (SSSR count). The number of aryl methyl sites for hydroxylation is 2. The van der Waals surface area contributed by atoms with Gasteiger partial charge in [0.05, 0.1) is 21.3 Å². The third-order valence-corrected chi connectivity index (χ3v) is 5.41. The molecule has 1 aliphatic carbocycles. The molecule has 2 aromatic carbocycles. The van der Waals surface area contributed by atoms with Crippen molar-refractivity contribution in [1.29, 1.82) is 0 Å². The lowest BCUT2D eigenvalue weighted by Gasteiger charge is -2.15. The van der Waals surface area contributed by atoms with Crippen LogP contribution < -0.4 is 5.32 Å². The average molecular weight is 371 g/mol. The Morgan fingerprint density at radius 1 is 1.12 bits per heavy atom. The molecular weight excluding hydrogens is 350 g/mol. The summed E-state index contributed by atoms with van der Waals surface area (Å²) in [6.45, 7) is 1.52. The van der Waals surface area contributed by atoms with Gasteiger partial charge in [-0.1, -0.05) is 18.2 Å². The van der Waals surface area contributed by atoms with Crippen LogP contribution in [-0.2, 0) is 33.2 Å². The first-order valence-corrected chi connectivity index (χ1v) is 10.1. The summed E-state index contributed by atoms with van der Waals surface area (Å²) < 4.78 is 17.0. The fourth-order valence-corrected chi connectivity index (χ4v) is 3.79. The van der Waals surface area contributed by atoms with Crippen molar-refractivity contribution in [2.75, 3.05) is 11.6 Å². The maximum atomic E-state index is 12.4. The van der Waals surface area contributed by atoms with E-state index in [9.17, 15) is 13.8 Å². The van der Waals surface area contributed by atoms with Gasteiger partial charge in [0.1, 0.15) is 0 Å². The van der Waals surface area contributed by atoms with Crippen LogP contribution in [-0.4, -0.2) is 28.4 Å². The molecule has 0 fully saturated rings. The highest BCUT2D eigenvalue weighted by Crippen LogP contribution is 2.25. The summed E-state index contributed by atoms with van der Waals surface area (Å²) in [7, 11) is -1.32. The summed E-state index contributed by atoms with van der Waals surface area (Å²) in [6.07, 6.45) is 3.77. The Morgan fingerprint density at radius 2 is 1.85 bits per heavy atom. The molecule has 0 spiro atoms. The van der Waals surface area contributed by atoms with E-state index in [4.69, 9.17) is 4.74 Å². The quantitative estimate of drug-likeness (QED) is 0.820. The molecule has 2 atom stereocenters. The van der Waals surface area contributed by atoms with Gasteiger partial charge in [0, 0.05) is 11.9 Å². The zero-order chi connectivity index (χ0) is 18.7.